The number of imidazole rings is 1. The number of hydrogen-bond donors (Lipinski definition) is 1. The number of H-pyrrole nitrogens is 1. The van der Waals surface area contributed by atoms with Gasteiger partial charge in [-0.05, 0) is 30.2 Å². The van der Waals surface area contributed by atoms with Crippen molar-refractivity contribution in [3.05, 3.63) is 65.2 Å². The van der Waals surface area contributed by atoms with Crippen LogP contribution in [0.15, 0.2) is 42.5 Å². The van der Waals surface area contributed by atoms with Gasteiger partial charge in [-0.2, -0.15) is 0 Å². The number of nitrogens with zero attached hydrogens (tertiary/aromatic N) is 1. The zero-order valence-electron chi connectivity index (χ0n) is 12.7. The molecule has 0 saturated carbocycles. The second-order valence-electron chi connectivity index (χ2n) is 5.23. The number of esters is 1. The molecule has 4 nitrogen and oxygen atoms in total. The lowest BCUT2D eigenvalue weighted by molar-refractivity contribution is 0.0519. The first-order chi connectivity index (χ1) is 10.7. The quantitative estimate of drug-likeness (QED) is 0.747. The number of hydrogen-bond acceptors (Lipinski definition) is 3. The summed E-state index contributed by atoms with van der Waals surface area (Å²) in [6.07, 6.45) is 0.625. The van der Waals surface area contributed by atoms with Gasteiger partial charge in [0.25, 0.3) is 0 Å². The van der Waals surface area contributed by atoms with Gasteiger partial charge >= 0.3 is 5.97 Å². The summed E-state index contributed by atoms with van der Waals surface area (Å²) in [6, 6.07) is 14.5. The lowest BCUT2D eigenvalue weighted by Gasteiger charge is -2.05. The second kappa shape index (κ2) is 6.02. The fourth-order valence-corrected chi connectivity index (χ4v) is 2.59. The zero-order valence-corrected chi connectivity index (χ0v) is 12.7. The Hall–Kier alpha value is -2.62. The number of carbonyl (C=O) groups excluding carboxylic acids is 1. The minimum absolute atomic E-state index is 0.347. The van der Waals surface area contributed by atoms with Crippen LogP contribution < -0.4 is 0 Å². The predicted octanol–water partition coefficient (Wildman–Crippen LogP) is 3.64. The predicted molar refractivity (Wildman–Crippen MR) is 86.0 cm³/mol. The Kier molecular flexibility index (Phi) is 3.92. The number of fused-ring (bicyclic) bond motifs is 1. The van der Waals surface area contributed by atoms with E-state index in [9.17, 15) is 4.79 Å². The highest BCUT2D eigenvalue weighted by atomic mass is 16.5. The van der Waals surface area contributed by atoms with Crippen LogP contribution in [0.5, 0.6) is 0 Å². The van der Waals surface area contributed by atoms with E-state index < -0.39 is 0 Å². The number of aryl methyl sites for hydroxylation is 1. The van der Waals surface area contributed by atoms with Crippen LogP contribution in [0.25, 0.3) is 10.8 Å². The molecule has 0 aliphatic rings. The summed E-state index contributed by atoms with van der Waals surface area (Å²) < 4.78 is 5.07. The molecular formula is C18H18N2O2. The van der Waals surface area contributed by atoms with Gasteiger partial charge in [0, 0.05) is 6.42 Å². The highest BCUT2D eigenvalue weighted by Crippen LogP contribution is 2.19. The van der Waals surface area contributed by atoms with Crippen LogP contribution in [-0.4, -0.2) is 22.5 Å². The molecule has 3 aromatic rings. The number of rotatable bonds is 4. The smallest absolute Gasteiger partial charge is 0.358 e. The first kappa shape index (κ1) is 14.3. The number of benzene rings is 2. The van der Waals surface area contributed by atoms with Gasteiger partial charge in [-0.1, -0.05) is 42.5 Å². The van der Waals surface area contributed by atoms with Gasteiger partial charge in [-0.3, -0.25) is 0 Å². The Labute approximate surface area is 129 Å². The molecule has 0 bridgehead atoms. The average molecular weight is 294 g/mol. The van der Waals surface area contributed by atoms with Crippen LogP contribution in [0.3, 0.4) is 0 Å². The maximum Gasteiger partial charge on any atom is 0.358 e. The first-order valence-corrected chi connectivity index (χ1v) is 7.37. The molecule has 0 amide bonds. The molecule has 22 heavy (non-hydrogen) atoms. The summed E-state index contributed by atoms with van der Waals surface area (Å²) in [5.41, 5.74) is 2.31. The van der Waals surface area contributed by atoms with Gasteiger partial charge < -0.3 is 9.72 Å². The van der Waals surface area contributed by atoms with E-state index in [0.717, 1.165) is 17.1 Å². The van der Waals surface area contributed by atoms with Gasteiger partial charge in [0.05, 0.1) is 12.3 Å². The second-order valence-corrected chi connectivity index (χ2v) is 5.23. The Balaban J connectivity index is 1.92. The van der Waals surface area contributed by atoms with Gasteiger partial charge in [0.1, 0.15) is 5.82 Å². The molecule has 0 spiro atoms. The molecule has 0 radical (unpaired) electrons. The van der Waals surface area contributed by atoms with Crippen molar-refractivity contribution in [2.24, 2.45) is 0 Å². The number of ether oxygens (including phenoxy) is 1. The van der Waals surface area contributed by atoms with Crippen molar-refractivity contribution in [1.82, 2.24) is 9.97 Å². The van der Waals surface area contributed by atoms with Crippen LogP contribution in [0.4, 0.5) is 0 Å². The standard InChI is InChI=1S/C18H18N2O2/c1-3-22-18(21)17-16(19-12(2)20-17)11-13-8-9-14-6-4-5-7-15(14)10-13/h4-10H,3,11H2,1-2H3,(H,19,20). The van der Waals surface area contributed by atoms with Crippen molar-refractivity contribution in [3.8, 4) is 0 Å². The van der Waals surface area contributed by atoms with E-state index in [1.165, 1.54) is 10.8 Å². The fraction of sp³-hybridized carbons (Fsp3) is 0.222. The van der Waals surface area contributed by atoms with E-state index in [1.807, 2.05) is 19.1 Å². The molecule has 4 heteroatoms. The summed E-state index contributed by atoms with van der Waals surface area (Å²) in [4.78, 5) is 19.4. The van der Waals surface area contributed by atoms with E-state index in [4.69, 9.17) is 4.74 Å². The van der Waals surface area contributed by atoms with Gasteiger partial charge in [-0.15, -0.1) is 0 Å². The van der Waals surface area contributed by atoms with Crippen molar-refractivity contribution < 1.29 is 9.53 Å². The molecule has 2 aromatic carbocycles. The monoisotopic (exact) mass is 294 g/mol. The SMILES string of the molecule is CCOC(=O)c1nc(C)[nH]c1Cc1ccc2ccccc2c1. The van der Waals surface area contributed by atoms with Gasteiger partial charge in [0.15, 0.2) is 5.69 Å². The van der Waals surface area contributed by atoms with Crippen molar-refractivity contribution >= 4 is 16.7 Å². The summed E-state index contributed by atoms with van der Waals surface area (Å²) in [5, 5.41) is 2.39. The van der Waals surface area contributed by atoms with E-state index >= 15 is 0 Å². The summed E-state index contributed by atoms with van der Waals surface area (Å²) in [6.45, 7) is 3.98. The summed E-state index contributed by atoms with van der Waals surface area (Å²) >= 11 is 0. The lowest BCUT2D eigenvalue weighted by atomic mass is 10.0. The molecule has 0 aliphatic heterocycles. The molecule has 0 unspecified atom stereocenters. The zero-order chi connectivity index (χ0) is 15.5. The largest absolute Gasteiger partial charge is 0.461 e. The molecule has 0 fully saturated rings. The maximum absolute atomic E-state index is 12.0. The topological polar surface area (TPSA) is 55.0 Å². The average Bonchev–Trinajstić information content (AvgIpc) is 2.88. The van der Waals surface area contributed by atoms with Crippen LogP contribution in [-0.2, 0) is 11.2 Å². The summed E-state index contributed by atoms with van der Waals surface area (Å²) in [7, 11) is 0. The third-order valence-corrected chi connectivity index (χ3v) is 3.56. The van der Waals surface area contributed by atoms with E-state index in [0.29, 0.717) is 18.7 Å². The minimum Gasteiger partial charge on any atom is -0.461 e. The highest BCUT2D eigenvalue weighted by molar-refractivity contribution is 5.89. The van der Waals surface area contributed by atoms with Crippen LogP contribution in [0, 0.1) is 6.92 Å². The third-order valence-electron chi connectivity index (χ3n) is 3.56. The Bertz CT molecular complexity index is 821. The number of aromatic nitrogens is 2. The first-order valence-electron chi connectivity index (χ1n) is 7.37. The molecule has 0 saturated heterocycles. The fourth-order valence-electron chi connectivity index (χ4n) is 2.59. The van der Waals surface area contributed by atoms with E-state index in [-0.39, 0.29) is 5.97 Å². The minimum atomic E-state index is -0.373. The maximum atomic E-state index is 12.0. The van der Waals surface area contributed by atoms with Crippen LogP contribution in [0.1, 0.15) is 34.5 Å². The van der Waals surface area contributed by atoms with E-state index in [2.05, 4.69) is 40.3 Å². The molecule has 3 rings (SSSR count). The van der Waals surface area contributed by atoms with E-state index in [1.54, 1.807) is 6.92 Å². The van der Waals surface area contributed by atoms with Gasteiger partial charge in [-0.25, -0.2) is 9.78 Å². The van der Waals surface area contributed by atoms with Crippen LogP contribution in [0.2, 0.25) is 0 Å². The number of aromatic amines is 1. The molecule has 1 heterocycles. The Morgan fingerprint density at radius 3 is 2.73 bits per heavy atom. The van der Waals surface area contributed by atoms with Crippen molar-refractivity contribution in [1.29, 1.82) is 0 Å². The molecule has 112 valence electrons. The Morgan fingerprint density at radius 1 is 1.18 bits per heavy atom. The van der Waals surface area contributed by atoms with Gasteiger partial charge in [0.2, 0.25) is 0 Å². The molecular weight excluding hydrogens is 276 g/mol. The molecule has 0 aliphatic carbocycles. The number of carbonyl (C=O) groups is 1. The number of nitrogens with one attached hydrogen (secondary N) is 1. The lowest BCUT2D eigenvalue weighted by Crippen LogP contribution is -2.08. The highest BCUT2D eigenvalue weighted by Gasteiger charge is 2.17. The third kappa shape index (κ3) is 2.86. The molecule has 1 N–H and O–H groups in total. The molecule has 1 aromatic heterocycles. The van der Waals surface area contributed by atoms with Crippen molar-refractivity contribution in [2.75, 3.05) is 6.61 Å². The van der Waals surface area contributed by atoms with Crippen molar-refractivity contribution in [3.63, 3.8) is 0 Å². The normalized spacial score (nSPS) is 10.8. The van der Waals surface area contributed by atoms with Crippen LogP contribution >= 0.6 is 0 Å². The summed E-state index contributed by atoms with van der Waals surface area (Å²) in [5.74, 6) is 0.349. The molecule has 0 atom stereocenters. The Morgan fingerprint density at radius 2 is 1.95 bits per heavy atom. The van der Waals surface area contributed by atoms with Crippen molar-refractivity contribution in [2.45, 2.75) is 20.3 Å².